The number of para-hydroxylation sites is 1. The zero-order valence-electron chi connectivity index (χ0n) is 10.4. The molecule has 98 valence electrons. The third kappa shape index (κ3) is 3.15. The minimum atomic E-state index is -0.999. The summed E-state index contributed by atoms with van der Waals surface area (Å²) in [5.74, 6) is -0.640. The van der Waals surface area contributed by atoms with Crippen LogP contribution in [0.15, 0.2) is 46.9 Å². The van der Waals surface area contributed by atoms with Crippen LogP contribution in [0.4, 0.5) is 0 Å². The first-order valence-electron chi connectivity index (χ1n) is 5.78. The third-order valence-corrected chi connectivity index (χ3v) is 3.46. The lowest BCUT2D eigenvalue weighted by Crippen LogP contribution is -2.04. The van der Waals surface area contributed by atoms with E-state index in [0.717, 1.165) is 11.1 Å². The smallest absolute Gasteiger partial charge is 0.339 e. The summed E-state index contributed by atoms with van der Waals surface area (Å²) in [5, 5.41) is 9.14. The summed E-state index contributed by atoms with van der Waals surface area (Å²) in [6.07, 6.45) is 0. The number of rotatable bonds is 4. The van der Waals surface area contributed by atoms with Crippen molar-refractivity contribution < 1.29 is 14.6 Å². The number of carboxylic acids is 1. The first-order chi connectivity index (χ1) is 9.09. The van der Waals surface area contributed by atoms with Gasteiger partial charge in [0.25, 0.3) is 0 Å². The van der Waals surface area contributed by atoms with Crippen LogP contribution >= 0.6 is 15.9 Å². The zero-order valence-corrected chi connectivity index (χ0v) is 12.0. The van der Waals surface area contributed by atoms with Gasteiger partial charge in [-0.25, -0.2) is 4.79 Å². The van der Waals surface area contributed by atoms with Gasteiger partial charge in [0.15, 0.2) is 0 Å². The molecule has 2 aromatic rings. The van der Waals surface area contributed by atoms with Gasteiger partial charge < -0.3 is 9.84 Å². The molecular weight excluding hydrogens is 308 g/mol. The highest BCUT2D eigenvalue weighted by Crippen LogP contribution is 2.30. The van der Waals surface area contributed by atoms with Crippen molar-refractivity contribution in [3.05, 3.63) is 63.6 Å². The summed E-state index contributed by atoms with van der Waals surface area (Å²) in [4.78, 5) is 11.2. The fourth-order valence-electron chi connectivity index (χ4n) is 1.75. The number of aromatic carboxylic acids is 1. The molecule has 0 atom stereocenters. The molecular formula is C15H13BrO3. The van der Waals surface area contributed by atoms with Gasteiger partial charge in [0.05, 0.1) is 4.47 Å². The quantitative estimate of drug-likeness (QED) is 0.924. The van der Waals surface area contributed by atoms with Crippen molar-refractivity contribution in [2.75, 3.05) is 0 Å². The van der Waals surface area contributed by atoms with E-state index in [4.69, 9.17) is 9.84 Å². The number of benzene rings is 2. The molecule has 0 aliphatic heterocycles. The monoisotopic (exact) mass is 320 g/mol. The Morgan fingerprint density at radius 3 is 2.63 bits per heavy atom. The largest absolute Gasteiger partial charge is 0.487 e. The average Bonchev–Trinajstić information content (AvgIpc) is 2.38. The molecule has 2 aromatic carbocycles. The van der Waals surface area contributed by atoms with Crippen LogP contribution in [-0.4, -0.2) is 11.1 Å². The second kappa shape index (κ2) is 5.89. The molecule has 1 N–H and O–H groups in total. The number of hydrogen-bond acceptors (Lipinski definition) is 2. The minimum Gasteiger partial charge on any atom is -0.487 e. The van der Waals surface area contributed by atoms with Crippen LogP contribution in [0.3, 0.4) is 0 Å². The van der Waals surface area contributed by atoms with E-state index in [1.54, 1.807) is 12.1 Å². The maximum atomic E-state index is 11.2. The number of hydrogen-bond donors (Lipinski definition) is 1. The van der Waals surface area contributed by atoms with Gasteiger partial charge in [0, 0.05) is 0 Å². The molecule has 0 aliphatic rings. The second-order valence-electron chi connectivity index (χ2n) is 4.14. The summed E-state index contributed by atoms with van der Waals surface area (Å²) in [7, 11) is 0. The van der Waals surface area contributed by atoms with E-state index >= 15 is 0 Å². The summed E-state index contributed by atoms with van der Waals surface area (Å²) < 4.78 is 6.31. The molecule has 0 aromatic heterocycles. The van der Waals surface area contributed by atoms with Crippen molar-refractivity contribution in [3.8, 4) is 5.75 Å². The van der Waals surface area contributed by atoms with Gasteiger partial charge in [-0.15, -0.1) is 0 Å². The standard InChI is InChI=1S/C15H13BrO3/c1-10-5-2-3-6-11(10)9-19-14-12(15(17)18)7-4-8-13(14)16/h2-8H,9H2,1H3,(H,17,18). The minimum absolute atomic E-state index is 0.156. The van der Waals surface area contributed by atoms with E-state index in [2.05, 4.69) is 15.9 Å². The molecule has 0 aliphatic carbocycles. The molecule has 0 bridgehead atoms. The highest BCUT2D eigenvalue weighted by molar-refractivity contribution is 9.10. The van der Waals surface area contributed by atoms with E-state index in [1.807, 2.05) is 31.2 Å². The Kier molecular flexibility index (Phi) is 4.22. The van der Waals surface area contributed by atoms with Crippen LogP contribution in [0, 0.1) is 6.92 Å². The molecule has 0 saturated heterocycles. The van der Waals surface area contributed by atoms with Crippen molar-refractivity contribution in [2.24, 2.45) is 0 Å². The van der Waals surface area contributed by atoms with E-state index in [9.17, 15) is 4.79 Å². The van der Waals surface area contributed by atoms with Crippen LogP contribution in [0.2, 0.25) is 0 Å². The van der Waals surface area contributed by atoms with Crippen LogP contribution < -0.4 is 4.74 Å². The predicted molar refractivity (Wildman–Crippen MR) is 76.6 cm³/mol. The lowest BCUT2D eigenvalue weighted by atomic mass is 10.1. The lowest BCUT2D eigenvalue weighted by Gasteiger charge is -2.12. The van der Waals surface area contributed by atoms with Gasteiger partial charge in [-0.1, -0.05) is 30.3 Å². The Labute approximate surface area is 120 Å². The van der Waals surface area contributed by atoms with Crippen molar-refractivity contribution in [3.63, 3.8) is 0 Å². The molecule has 4 heteroatoms. The van der Waals surface area contributed by atoms with Crippen molar-refractivity contribution in [2.45, 2.75) is 13.5 Å². The topological polar surface area (TPSA) is 46.5 Å². The van der Waals surface area contributed by atoms with Gasteiger partial charge in [-0.05, 0) is 46.1 Å². The van der Waals surface area contributed by atoms with Crippen molar-refractivity contribution in [1.29, 1.82) is 0 Å². The van der Waals surface area contributed by atoms with Gasteiger partial charge in [-0.2, -0.15) is 0 Å². The van der Waals surface area contributed by atoms with Gasteiger partial charge in [-0.3, -0.25) is 0 Å². The Balaban J connectivity index is 2.25. The fraction of sp³-hybridized carbons (Fsp3) is 0.133. The third-order valence-electron chi connectivity index (χ3n) is 2.83. The maximum absolute atomic E-state index is 11.2. The predicted octanol–water partition coefficient (Wildman–Crippen LogP) is 4.03. The molecule has 0 radical (unpaired) electrons. The molecule has 0 spiro atoms. The van der Waals surface area contributed by atoms with Gasteiger partial charge in [0.1, 0.15) is 17.9 Å². The van der Waals surface area contributed by atoms with E-state index in [-0.39, 0.29) is 5.56 Å². The summed E-state index contributed by atoms with van der Waals surface area (Å²) in [5.41, 5.74) is 2.31. The molecule has 0 fully saturated rings. The zero-order chi connectivity index (χ0) is 13.8. The summed E-state index contributed by atoms with van der Waals surface area (Å²) >= 11 is 3.32. The highest BCUT2D eigenvalue weighted by atomic mass is 79.9. The Bertz CT molecular complexity index is 608. The molecule has 0 saturated carbocycles. The number of halogens is 1. The first-order valence-corrected chi connectivity index (χ1v) is 6.58. The summed E-state index contributed by atoms with van der Waals surface area (Å²) in [6, 6.07) is 12.8. The number of ether oxygens (including phenoxy) is 1. The highest BCUT2D eigenvalue weighted by Gasteiger charge is 2.14. The lowest BCUT2D eigenvalue weighted by molar-refractivity contribution is 0.0691. The van der Waals surface area contributed by atoms with E-state index in [0.29, 0.717) is 16.8 Å². The molecule has 2 rings (SSSR count). The van der Waals surface area contributed by atoms with Gasteiger partial charge >= 0.3 is 5.97 Å². The Morgan fingerprint density at radius 2 is 1.95 bits per heavy atom. The SMILES string of the molecule is Cc1ccccc1COc1c(Br)cccc1C(=O)O. The Morgan fingerprint density at radius 1 is 1.21 bits per heavy atom. The van der Waals surface area contributed by atoms with E-state index < -0.39 is 5.97 Å². The van der Waals surface area contributed by atoms with E-state index in [1.165, 1.54) is 6.07 Å². The molecule has 19 heavy (non-hydrogen) atoms. The fourth-order valence-corrected chi connectivity index (χ4v) is 2.23. The van der Waals surface area contributed by atoms with Crippen LogP contribution in [0.25, 0.3) is 0 Å². The number of aryl methyl sites for hydroxylation is 1. The summed E-state index contributed by atoms with van der Waals surface area (Å²) in [6.45, 7) is 2.34. The van der Waals surface area contributed by atoms with Crippen LogP contribution in [-0.2, 0) is 6.61 Å². The van der Waals surface area contributed by atoms with Gasteiger partial charge in [0.2, 0.25) is 0 Å². The normalized spacial score (nSPS) is 10.2. The number of carbonyl (C=O) groups is 1. The Hall–Kier alpha value is -1.81. The molecule has 0 amide bonds. The first kappa shape index (κ1) is 13.6. The van der Waals surface area contributed by atoms with Crippen LogP contribution in [0.5, 0.6) is 5.75 Å². The maximum Gasteiger partial charge on any atom is 0.339 e. The second-order valence-corrected chi connectivity index (χ2v) is 4.99. The average molecular weight is 321 g/mol. The van der Waals surface area contributed by atoms with Crippen LogP contribution in [0.1, 0.15) is 21.5 Å². The number of carboxylic acid groups (broad SMARTS) is 1. The van der Waals surface area contributed by atoms with Crippen molar-refractivity contribution >= 4 is 21.9 Å². The molecule has 3 nitrogen and oxygen atoms in total. The molecule has 0 heterocycles. The van der Waals surface area contributed by atoms with Crippen molar-refractivity contribution in [1.82, 2.24) is 0 Å². The molecule has 0 unspecified atom stereocenters.